The van der Waals surface area contributed by atoms with Crippen LogP contribution in [0.1, 0.15) is 26.7 Å². The second-order valence-electron chi connectivity index (χ2n) is 4.10. The third-order valence-corrected chi connectivity index (χ3v) is 3.16. The van der Waals surface area contributed by atoms with Crippen molar-refractivity contribution in [2.75, 3.05) is 13.7 Å². The summed E-state index contributed by atoms with van der Waals surface area (Å²) >= 11 is 0. The summed E-state index contributed by atoms with van der Waals surface area (Å²) in [7, 11) is -2.90. The van der Waals surface area contributed by atoms with Crippen LogP contribution in [-0.4, -0.2) is 30.6 Å². The number of nitriles is 1. The van der Waals surface area contributed by atoms with Crippen LogP contribution in [0.25, 0.3) is 0 Å². The molecule has 8 heteroatoms. The van der Waals surface area contributed by atoms with E-state index in [-0.39, 0.29) is 18.9 Å². The summed E-state index contributed by atoms with van der Waals surface area (Å²) in [4.78, 5) is 20.9. The second kappa shape index (κ2) is 8.22. The summed E-state index contributed by atoms with van der Waals surface area (Å²) in [6.07, 6.45) is 0.345. The molecular weight excluding hydrogens is 259 g/mol. The molecule has 0 amide bonds. The van der Waals surface area contributed by atoms with Gasteiger partial charge in [0.2, 0.25) is 0 Å². The van der Waals surface area contributed by atoms with E-state index >= 15 is 0 Å². The van der Waals surface area contributed by atoms with E-state index < -0.39 is 19.8 Å². The molecule has 0 heterocycles. The van der Waals surface area contributed by atoms with Gasteiger partial charge in [0.25, 0.3) is 0 Å². The number of methoxy groups -OCH3 is 1. The highest BCUT2D eigenvalue weighted by molar-refractivity contribution is 7.50. The van der Waals surface area contributed by atoms with Gasteiger partial charge in [0.05, 0.1) is 26.2 Å². The number of hydrogen-bond donors (Lipinski definition) is 2. The lowest BCUT2D eigenvalue weighted by molar-refractivity contribution is -0.143. The molecule has 0 bridgehead atoms. The summed E-state index contributed by atoms with van der Waals surface area (Å²) in [6, 6.07) is 0.874. The van der Waals surface area contributed by atoms with Crippen molar-refractivity contribution in [2.45, 2.75) is 32.7 Å². The van der Waals surface area contributed by atoms with Crippen LogP contribution in [-0.2, 0) is 18.6 Å². The van der Waals surface area contributed by atoms with E-state index in [1.807, 2.05) is 13.8 Å². The zero-order valence-corrected chi connectivity index (χ0v) is 11.6. The average Bonchev–Trinajstić information content (AvgIpc) is 2.26. The summed E-state index contributed by atoms with van der Waals surface area (Å²) < 4.78 is 20.8. The van der Waals surface area contributed by atoms with Crippen LogP contribution in [0.2, 0.25) is 0 Å². The van der Waals surface area contributed by atoms with Crippen LogP contribution in [0.4, 0.5) is 0 Å². The number of carbonyl (C=O) groups excluding carboxylic acids is 1. The zero-order valence-electron chi connectivity index (χ0n) is 10.8. The van der Waals surface area contributed by atoms with Gasteiger partial charge in [-0.05, 0) is 12.3 Å². The van der Waals surface area contributed by atoms with E-state index in [2.05, 4.69) is 14.3 Å². The van der Waals surface area contributed by atoms with E-state index in [1.165, 1.54) is 7.11 Å². The van der Waals surface area contributed by atoms with Crippen molar-refractivity contribution < 1.29 is 23.5 Å². The monoisotopic (exact) mass is 278 g/mol. The molecule has 1 unspecified atom stereocenters. The quantitative estimate of drug-likeness (QED) is 0.390. The van der Waals surface area contributed by atoms with Crippen LogP contribution in [0.5, 0.6) is 0 Å². The fourth-order valence-corrected chi connectivity index (χ4v) is 2.28. The van der Waals surface area contributed by atoms with Crippen LogP contribution in [0.15, 0.2) is 0 Å². The molecule has 0 aromatic carbocycles. The van der Waals surface area contributed by atoms with Crippen molar-refractivity contribution in [3.05, 3.63) is 0 Å². The third kappa shape index (κ3) is 7.41. The first kappa shape index (κ1) is 17.1. The van der Waals surface area contributed by atoms with E-state index in [0.29, 0.717) is 6.42 Å². The maximum atomic E-state index is 11.6. The lowest BCUT2D eigenvalue weighted by Gasteiger charge is -2.21. The number of esters is 1. The van der Waals surface area contributed by atoms with Crippen molar-refractivity contribution in [1.29, 1.82) is 5.26 Å². The molecule has 0 aromatic heterocycles. The SMILES string of the molecule is COC(=O)[C@H](CC(C)C)NP(=O)(O)OCCC#N. The van der Waals surface area contributed by atoms with Crippen molar-refractivity contribution in [2.24, 2.45) is 5.92 Å². The summed E-state index contributed by atoms with van der Waals surface area (Å²) in [5, 5.41) is 10.5. The van der Waals surface area contributed by atoms with E-state index in [1.54, 1.807) is 6.07 Å². The lowest BCUT2D eigenvalue weighted by Crippen LogP contribution is -2.37. The second-order valence-corrected chi connectivity index (χ2v) is 5.65. The van der Waals surface area contributed by atoms with E-state index in [4.69, 9.17) is 5.26 Å². The Morgan fingerprint density at radius 2 is 2.17 bits per heavy atom. The predicted molar refractivity (Wildman–Crippen MR) is 64.4 cm³/mol. The summed E-state index contributed by atoms with van der Waals surface area (Å²) in [5.74, 6) is -0.484. The molecule has 0 radical (unpaired) electrons. The normalized spacial score (nSPS) is 15.8. The molecular formula is C10H19N2O5P. The highest BCUT2D eigenvalue weighted by Crippen LogP contribution is 2.38. The van der Waals surface area contributed by atoms with Crippen LogP contribution in [0.3, 0.4) is 0 Å². The molecule has 0 saturated heterocycles. The maximum Gasteiger partial charge on any atom is 0.403 e. The molecule has 0 aliphatic heterocycles. The molecule has 0 spiro atoms. The molecule has 0 aliphatic carbocycles. The Bertz CT molecular complexity index is 353. The largest absolute Gasteiger partial charge is 0.468 e. The van der Waals surface area contributed by atoms with E-state index in [9.17, 15) is 14.3 Å². The summed E-state index contributed by atoms with van der Waals surface area (Å²) in [5.41, 5.74) is 0. The van der Waals surface area contributed by atoms with Gasteiger partial charge in [-0.2, -0.15) is 5.26 Å². The first-order chi connectivity index (χ1) is 8.32. The fourth-order valence-electron chi connectivity index (χ4n) is 1.26. The van der Waals surface area contributed by atoms with Gasteiger partial charge in [0, 0.05) is 0 Å². The van der Waals surface area contributed by atoms with Gasteiger partial charge in [-0.3, -0.25) is 9.32 Å². The molecule has 18 heavy (non-hydrogen) atoms. The first-order valence-electron chi connectivity index (χ1n) is 5.52. The molecule has 2 N–H and O–H groups in total. The third-order valence-electron chi connectivity index (χ3n) is 1.99. The lowest BCUT2D eigenvalue weighted by atomic mass is 10.1. The Morgan fingerprint density at radius 1 is 1.56 bits per heavy atom. The number of hydrogen-bond acceptors (Lipinski definition) is 5. The molecule has 104 valence electrons. The Balaban J connectivity index is 4.50. The van der Waals surface area contributed by atoms with Crippen molar-refractivity contribution >= 4 is 13.7 Å². The highest BCUT2D eigenvalue weighted by atomic mass is 31.2. The number of nitrogens with one attached hydrogen (secondary N) is 1. The highest BCUT2D eigenvalue weighted by Gasteiger charge is 2.30. The van der Waals surface area contributed by atoms with Crippen LogP contribution >= 0.6 is 7.75 Å². The number of carbonyl (C=O) groups is 1. The van der Waals surface area contributed by atoms with Crippen molar-refractivity contribution in [1.82, 2.24) is 5.09 Å². The Labute approximate surface area is 107 Å². The standard InChI is InChI=1S/C10H19N2O5P/c1-8(2)7-9(10(13)16-3)12-18(14,15)17-6-4-5-11/h8-9H,4,6-7H2,1-3H3,(H2,12,14,15)/t9-/m0/s1. The Morgan fingerprint density at radius 3 is 2.61 bits per heavy atom. The molecule has 0 aliphatic rings. The van der Waals surface area contributed by atoms with Gasteiger partial charge in [-0.15, -0.1) is 0 Å². The van der Waals surface area contributed by atoms with Crippen LogP contribution < -0.4 is 5.09 Å². The van der Waals surface area contributed by atoms with Gasteiger partial charge in [-0.1, -0.05) is 13.8 Å². The van der Waals surface area contributed by atoms with Gasteiger partial charge in [-0.25, -0.2) is 9.65 Å². The van der Waals surface area contributed by atoms with E-state index in [0.717, 1.165) is 0 Å². The van der Waals surface area contributed by atoms with Gasteiger partial charge < -0.3 is 9.63 Å². The molecule has 0 saturated carbocycles. The van der Waals surface area contributed by atoms with Crippen molar-refractivity contribution in [3.63, 3.8) is 0 Å². The zero-order chi connectivity index (χ0) is 14.2. The maximum absolute atomic E-state index is 11.6. The number of rotatable bonds is 8. The van der Waals surface area contributed by atoms with Crippen molar-refractivity contribution in [3.8, 4) is 6.07 Å². The summed E-state index contributed by atoms with van der Waals surface area (Å²) in [6.45, 7) is 3.57. The molecule has 0 rings (SSSR count). The minimum atomic E-state index is -4.10. The predicted octanol–water partition coefficient (Wildman–Crippen LogP) is 1.19. The molecule has 2 atom stereocenters. The Hall–Kier alpha value is -0.930. The first-order valence-corrected chi connectivity index (χ1v) is 7.10. The molecule has 7 nitrogen and oxygen atoms in total. The Kier molecular flexibility index (Phi) is 7.80. The minimum Gasteiger partial charge on any atom is -0.468 e. The van der Waals surface area contributed by atoms with Gasteiger partial charge in [0.15, 0.2) is 0 Å². The van der Waals surface area contributed by atoms with Crippen LogP contribution in [0, 0.1) is 17.2 Å². The molecule has 0 fully saturated rings. The molecule has 0 aromatic rings. The average molecular weight is 278 g/mol. The smallest absolute Gasteiger partial charge is 0.403 e. The minimum absolute atomic E-state index is 0.000693. The fraction of sp³-hybridized carbons (Fsp3) is 0.800. The van der Waals surface area contributed by atoms with Gasteiger partial charge in [0.1, 0.15) is 6.04 Å². The topological polar surface area (TPSA) is 109 Å². The number of ether oxygens (including phenoxy) is 1. The van der Waals surface area contributed by atoms with Gasteiger partial charge >= 0.3 is 13.7 Å². The number of nitrogens with zero attached hydrogens (tertiary/aromatic N) is 1.